The molecule has 1 aromatic rings. The molecule has 1 aliphatic heterocycles. The van der Waals surface area contributed by atoms with Gasteiger partial charge in [0.05, 0.1) is 6.54 Å². The Labute approximate surface area is 170 Å². The van der Waals surface area contributed by atoms with E-state index >= 15 is 0 Å². The Balaban J connectivity index is 0.00000312. The number of hydrogen-bond acceptors (Lipinski definition) is 2. The predicted octanol–water partition coefficient (Wildman–Crippen LogP) is 3.86. The lowest BCUT2D eigenvalue weighted by molar-refractivity contribution is 0.134. The van der Waals surface area contributed by atoms with Crippen molar-refractivity contribution in [2.45, 2.75) is 47.2 Å². The number of aliphatic imine (C=N–C) groups is 1. The number of likely N-dealkylation sites (tertiary alicyclic amines) is 1. The van der Waals surface area contributed by atoms with E-state index in [4.69, 9.17) is 0 Å². The van der Waals surface area contributed by atoms with Crippen LogP contribution < -0.4 is 10.6 Å². The van der Waals surface area contributed by atoms with Crippen LogP contribution in [0.25, 0.3) is 0 Å². The molecule has 1 saturated heterocycles. The van der Waals surface area contributed by atoms with Crippen molar-refractivity contribution in [2.75, 3.05) is 26.2 Å². The molecule has 2 N–H and O–H groups in total. The van der Waals surface area contributed by atoms with Gasteiger partial charge >= 0.3 is 0 Å². The molecule has 2 rings (SSSR count). The Morgan fingerprint density at radius 2 is 1.52 bits per heavy atom. The number of piperidine rings is 1. The zero-order chi connectivity index (χ0) is 17.4. The maximum absolute atomic E-state index is 4.62. The average Bonchev–Trinajstić information content (AvgIpc) is 2.53. The summed E-state index contributed by atoms with van der Waals surface area (Å²) in [5, 5.41) is 6.52. The second kappa shape index (κ2) is 11.7. The predicted molar refractivity (Wildman–Crippen MR) is 119 cm³/mol. The summed E-state index contributed by atoms with van der Waals surface area (Å²) in [6.45, 7) is 14.9. The van der Waals surface area contributed by atoms with Crippen molar-refractivity contribution in [3.8, 4) is 0 Å². The molecule has 0 bridgehead atoms. The van der Waals surface area contributed by atoms with Gasteiger partial charge in [-0.05, 0) is 43.2 Å². The molecule has 1 aromatic carbocycles. The van der Waals surface area contributed by atoms with E-state index < -0.39 is 0 Å². The maximum Gasteiger partial charge on any atom is 0.191 e. The lowest BCUT2D eigenvalue weighted by Gasteiger charge is -2.35. The maximum atomic E-state index is 4.62. The zero-order valence-electron chi connectivity index (χ0n) is 16.2. The zero-order valence-corrected chi connectivity index (χ0v) is 18.5. The van der Waals surface area contributed by atoms with Gasteiger partial charge in [-0.15, -0.1) is 24.0 Å². The number of halogens is 1. The fourth-order valence-electron chi connectivity index (χ4n) is 3.61. The monoisotopic (exact) mass is 458 g/mol. The smallest absolute Gasteiger partial charge is 0.191 e. The molecule has 2 unspecified atom stereocenters. The van der Waals surface area contributed by atoms with E-state index in [2.05, 4.69) is 72.5 Å². The molecule has 1 fully saturated rings. The molecule has 0 saturated carbocycles. The fourth-order valence-corrected chi connectivity index (χ4v) is 3.61. The lowest BCUT2D eigenvalue weighted by atomic mass is 9.91. The first kappa shape index (κ1) is 22.2. The summed E-state index contributed by atoms with van der Waals surface area (Å²) in [6.07, 6.45) is 1.37. The van der Waals surface area contributed by atoms with Crippen LogP contribution in [0.3, 0.4) is 0 Å². The number of nitrogens with zero attached hydrogens (tertiary/aromatic N) is 2. The minimum Gasteiger partial charge on any atom is -0.357 e. The minimum atomic E-state index is 0. The first-order valence-electron chi connectivity index (χ1n) is 9.43. The van der Waals surface area contributed by atoms with Crippen molar-refractivity contribution in [3.05, 3.63) is 35.4 Å². The summed E-state index contributed by atoms with van der Waals surface area (Å²) in [5.41, 5.74) is 2.66. The van der Waals surface area contributed by atoms with E-state index in [1.807, 2.05) is 0 Å². The van der Waals surface area contributed by atoms with Gasteiger partial charge < -0.3 is 10.6 Å². The van der Waals surface area contributed by atoms with Gasteiger partial charge in [-0.25, -0.2) is 4.99 Å². The molecule has 1 aliphatic rings. The number of benzene rings is 1. The number of hydrogen-bond donors (Lipinski definition) is 2. The van der Waals surface area contributed by atoms with E-state index in [1.165, 1.54) is 30.6 Å². The van der Waals surface area contributed by atoms with Crippen LogP contribution >= 0.6 is 24.0 Å². The first-order chi connectivity index (χ1) is 11.6. The van der Waals surface area contributed by atoms with E-state index in [0.717, 1.165) is 37.4 Å². The van der Waals surface area contributed by atoms with Crippen molar-refractivity contribution >= 4 is 29.9 Å². The van der Waals surface area contributed by atoms with Gasteiger partial charge in [0, 0.05) is 32.7 Å². The average molecular weight is 458 g/mol. The molecule has 2 atom stereocenters. The highest BCUT2D eigenvalue weighted by molar-refractivity contribution is 14.0. The Kier molecular flexibility index (Phi) is 10.4. The Morgan fingerprint density at radius 1 is 1.00 bits per heavy atom. The topological polar surface area (TPSA) is 39.7 Å². The van der Waals surface area contributed by atoms with Crippen LogP contribution in [0, 0.1) is 11.8 Å². The number of nitrogens with one attached hydrogen (secondary N) is 2. The van der Waals surface area contributed by atoms with E-state index in [9.17, 15) is 0 Å². The van der Waals surface area contributed by atoms with Gasteiger partial charge in [-0.2, -0.15) is 0 Å². The van der Waals surface area contributed by atoms with E-state index in [0.29, 0.717) is 6.54 Å². The molecule has 0 radical (unpaired) electrons. The summed E-state index contributed by atoms with van der Waals surface area (Å²) in [4.78, 5) is 7.22. The fraction of sp³-hybridized carbons (Fsp3) is 0.650. The molecule has 25 heavy (non-hydrogen) atoms. The third-order valence-electron chi connectivity index (χ3n) is 4.48. The van der Waals surface area contributed by atoms with Gasteiger partial charge in [0.15, 0.2) is 5.96 Å². The highest BCUT2D eigenvalue weighted by Crippen LogP contribution is 2.22. The quantitative estimate of drug-likeness (QED) is 0.387. The summed E-state index contributed by atoms with van der Waals surface area (Å²) >= 11 is 0. The van der Waals surface area contributed by atoms with Crippen molar-refractivity contribution in [3.63, 3.8) is 0 Å². The molecule has 142 valence electrons. The highest BCUT2D eigenvalue weighted by Gasteiger charge is 2.21. The van der Waals surface area contributed by atoms with Crippen LogP contribution in [-0.2, 0) is 13.1 Å². The number of rotatable bonds is 6. The molecule has 0 amide bonds. The van der Waals surface area contributed by atoms with Gasteiger partial charge in [0.25, 0.3) is 0 Å². The molecule has 1 heterocycles. The van der Waals surface area contributed by atoms with Crippen molar-refractivity contribution in [1.29, 1.82) is 0 Å². The normalized spacial score (nSPS) is 20.5. The van der Waals surface area contributed by atoms with Crippen LogP contribution in [-0.4, -0.2) is 37.0 Å². The SMILES string of the molecule is CCNC(=NCc1ccc(CN2CC(C)CC(C)C2)cc1)NCC.I. The molecule has 4 nitrogen and oxygen atoms in total. The van der Waals surface area contributed by atoms with Crippen LogP contribution in [0.5, 0.6) is 0 Å². The van der Waals surface area contributed by atoms with E-state index in [-0.39, 0.29) is 24.0 Å². The third kappa shape index (κ3) is 7.94. The first-order valence-corrected chi connectivity index (χ1v) is 9.43. The lowest BCUT2D eigenvalue weighted by Crippen LogP contribution is -2.38. The van der Waals surface area contributed by atoms with Crippen LogP contribution in [0.15, 0.2) is 29.3 Å². The van der Waals surface area contributed by atoms with Crippen molar-refractivity contribution in [1.82, 2.24) is 15.5 Å². The van der Waals surface area contributed by atoms with Gasteiger partial charge in [-0.3, -0.25) is 4.90 Å². The molecular formula is C20H35IN4. The summed E-state index contributed by atoms with van der Waals surface area (Å²) in [5.74, 6) is 2.52. The van der Waals surface area contributed by atoms with Crippen molar-refractivity contribution in [2.24, 2.45) is 16.8 Å². The van der Waals surface area contributed by atoms with Crippen LogP contribution in [0.2, 0.25) is 0 Å². The van der Waals surface area contributed by atoms with Gasteiger partial charge in [-0.1, -0.05) is 38.1 Å². The van der Waals surface area contributed by atoms with Gasteiger partial charge in [0.2, 0.25) is 0 Å². The Bertz CT molecular complexity index is 497. The second-order valence-electron chi connectivity index (χ2n) is 7.18. The van der Waals surface area contributed by atoms with Crippen LogP contribution in [0.4, 0.5) is 0 Å². The standard InChI is InChI=1S/C20H34N4.HI/c1-5-21-20(22-6-2)23-12-18-7-9-19(10-8-18)15-24-13-16(3)11-17(4)14-24;/h7-10,16-17H,5-6,11-15H2,1-4H3,(H2,21,22,23);1H. The Morgan fingerprint density at radius 3 is 2.04 bits per heavy atom. The summed E-state index contributed by atoms with van der Waals surface area (Å²) < 4.78 is 0. The largest absolute Gasteiger partial charge is 0.357 e. The molecule has 0 spiro atoms. The van der Waals surface area contributed by atoms with Gasteiger partial charge in [0.1, 0.15) is 0 Å². The second-order valence-corrected chi connectivity index (χ2v) is 7.18. The molecule has 5 heteroatoms. The molecule has 0 aliphatic carbocycles. The van der Waals surface area contributed by atoms with E-state index in [1.54, 1.807) is 0 Å². The minimum absolute atomic E-state index is 0. The summed E-state index contributed by atoms with van der Waals surface area (Å²) in [6, 6.07) is 8.94. The Hall–Kier alpha value is -0.820. The highest BCUT2D eigenvalue weighted by atomic mass is 127. The van der Waals surface area contributed by atoms with Crippen molar-refractivity contribution < 1.29 is 0 Å². The number of guanidine groups is 1. The summed E-state index contributed by atoms with van der Waals surface area (Å²) in [7, 11) is 0. The molecular weight excluding hydrogens is 423 g/mol. The van der Waals surface area contributed by atoms with Crippen LogP contribution in [0.1, 0.15) is 45.2 Å². The third-order valence-corrected chi connectivity index (χ3v) is 4.48. The molecule has 0 aromatic heterocycles.